The van der Waals surface area contributed by atoms with Crippen LogP contribution >= 0.6 is 34.8 Å². The Kier molecular flexibility index (Phi) is 5.13. The van der Waals surface area contributed by atoms with Crippen molar-refractivity contribution in [2.75, 3.05) is 11.9 Å². The minimum absolute atomic E-state index is 0.169. The van der Waals surface area contributed by atoms with Crippen molar-refractivity contribution in [2.45, 2.75) is 12.5 Å². The number of amides is 4. The largest absolute Gasteiger partial charge is 0.458 e. The smallest absolute Gasteiger partial charge is 0.325 e. The van der Waals surface area contributed by atoms with Gasteiger partial charge in [0.05, 0.1) is 20.8 Å². The van der Waals surface area contributed by atoms with Crippen molar-refractivity contribution in [1.82, 2.24) is 10.2 Å². The van der Waals surface area contributed by atoms with Crippen LogP contribution in [0.15, 0.2) is 46.9 Å². The van der Waals surface area contributed by atoms with Crippen LogP contribution in [-0.2, 0) is 15.1 Å². The van der Waals surface area contributed by atoms with Gasteiger partial charge in [0.15, 0.2) is 5.54 Å². The molecule has 1 aliphatic rings. The van der Waals surface area contributed by atoms with Gasteiger partial charge in [0.2, 0.25) is 5.91 Å². The monoisotopic (exact) mass is 465 g/mol. The highest BCUT2D eigenvalue weighted by Crippen LogP contribution is 2.34. The van der Waals surface area contributed by atoms with Gasteiger partial charge in [-0.2, -0.15) is 0 Å². The Balaban J connectivity index is 1.54. The van der Waals surface area contributed by atoms with E-state index in [0.29, 0.717) is 5.58 Å². The molecule has 2 aromatic carbocycles. The molecule has 3 aromatic rings. The molecule has 1 fully saturated rings. The molecule has 0 radical (unpaired) electrons. The molecule has 10 heteroatoms. The molecular formula is C20H14Cl3N3O4. The van der Waals surface area contributed by atoms with E-state index < -0.39 is 29.9 Å². The molecule has 0 spiro atoms. The Hall–Kier alpha value is -2.74. The van der Waals surface area contributed by atoms with Gasteiger partial charge in [0, 0.05) is 5.39 Å². The Bertz CT molecular complexity index is 1180. The van der Waals surface area contributed by atoms with Crippen molar-refractivity contribution in [3.8, 4) is 0 Å². The molecule has 1 saturated heterocycles. The Morgan fingerprint density at radius 1 is 1.10 bits per heavy atom. The third-order valence-electron chi connectivity index (χ3n) is 4.78. The summed E-state index contributed by atoms with van der Waals surface area (Å²) in [6, 6.07) is 11.0. The summed E-state index contributed by atoms with van der Waals surface area (Å²) in [7, 11) is 0. The number of carbonyl (C=O) groups excluding carboxylic acids is 3. The molecule has 7 nitrogen and oxygen atoms in total. The van der Waals surface area contributed by atoms with Gasteiger partial charge in [-0.25, -0.2) is 4.79 Å². The van der Waals surface area contributed by atoms with Crippen molar-refractivity contribution in [3.63, 3.8) is 0 Å². The zero-order chi connectivity index (χ0) is 21.6. The molecule has 1 atom stereocenters. The van der Waals surface area contributed by atoms with Gasteiger partial charge in [-0.15, -0.1) is 0 Å². The van der Waals surface area contributed by atoms with E-state index in [1.54, 1.807) is 18.2 Å². The number of halogens is 3. The maximum atomic E-state index is 13.0. The van der Waals surface area contributed by atoms with Gasteiger partial charge in [-0.3, -0.25) is 14.5 Å². The van der Waals surface area contributed by atoms with Crippen molar-refractivity contribution >= 4 is 69.3 Å². The number of imide groups is 1. The lowest BCUT2D eigenvalue weighted by atomic mass is 9.99. The zero-order valence-electron chi connectivity index (χ0n) is 15.5. The number of hydrogen-bond donors (Lipinski definition) is 2. The molecule has 1 unspecified atom stereocenters. The number of rotatable bonds is 4. The number of nitrogens with one attached hydrogen (secondary N) is 2. The lowest BCUT2D eigenvalue weighted by Gasteiger charge is -2.19. The van der Waals surface area contributed by atoms with Crippen LogP contribution in [0.25, 0.3) is 11.0 Å². The molecule has 2 N–H and O–H groups in total. The molecule has 30 heavy (non-hydrogen) atoms. The summed E-state index contributed by atoms with van der Waals surface area (Å²) in [6.45, 7) is 1.01. The van der Waals surface area contributed by atoms with Gasteiger partial charge >= 0.3 is 6.03 Å². The number of benzene rings is 2. The van der Waals surface area contributed by atoms with Gasteiger partial charge in [0.1, 0.15) is 17.9 Å². The normalized spacial score (nSPS) is 18.7. The number of para-hydroxylation sites is 1. The average Bonchev–Trinajstić information content (AvgIpc) is 3.22. The van der Waals surface area contributed by atoms with Crippen LogP contribution in [0.5, 0.6) is 0 Å². The van der Waals surface area contributed by atoms with Crippen LogP contribution in [-0.4, -0.2) is 29.3 Å². The van der Waals surface area contributed by atoms with Crippen LogP contribution in [0, 0.1) is 0 Å². The molecule has 2 heterocycles. The van der Waals surface area contributed by atoms with Gasteiger partial charge in [-0.1, -0.05) is 53.0 Å². The summed E-state index contributed by atoms with van der Waals surface area (Å²) in [5.74, 6) is -0.966. The minimum Gasteiger partial charge on any atom is -0.458 e. The first-order valence-corrected chi connectivity index (χ1v) is 9.90. The number of nitrogens with zero attached hydrogens (tertiary/aromatic N) is 1. The fraction of sp³-hybridized carbons (Fsp3) is 0.150. The highest BCUT2D eigenvalue weighted by atomic mass is 35.5. The third kappa shape index (κ3) is 3.49. The summed E-state index contributed by atoms with van der Waals surface area (Å²) in [4.78, 5) is 38.7. The highest BCUT2D eigenvalue weighted by molar-refractivity contribution is 6.44. The highest BCUT2D eigenvalue weighted by Gasteiger charge is 2.51. The first-order valence-electron chi connectivity index (χ1n) is 8.76. The van der Waals surface area contributed by atoms with Crippen molar-refractivity contribution in [1.29, 1.82) is 0 Å². The van der Waals surface area contributed by atoms with Crippen molar-refractivity contribution in [3.05, 3.63) is 63.3 Å². The number of furan rings is 1. The Morgan fingerprint density at radius 3 is 2.53 bits per heavy atom. The van der Waals surface area contributed by atoms with E-state index in [9.17, 15) is 14.4 Å². The second kappa shape index (κ2) is 7.50. The number of anilines is 1. The summed E-state index contributed by atoms with van der Waals surface area (Å²) in [5, 5.41) is 6.52. The van der Waals surface area contributed by atoms with Crippen molar-refractivity contribution < 1.29 is 18.8 Å². The summed E-state index contributed by atoms with van der Waals surface area (Å²) in [6.07, 6.45) is 0. The van der Waals surface area contributed by atoms with E-state index in [4.69, 9.17) is 39.2 Å². The maximum Gasteiger partial charge on any atom is 0.325 e. The predicted octanol–water partition coefficient (Wildman–Crippen LogP) is 4.80. The average molecular weight is 467 g/mol. The first-order chi connectivity index (χ1) is 14.2. The van der Waals surface area contributed by atoms with E-state index in [-0.39, 0.29) is 26.5 Å². The minimum atomic E-state index is -1.43. The van der Waals surface area contributed by atoms with E-state index in [1.165, 1.54) is 19.1 Å². The topological polar surface area (TPSA) is 91.7 Å². The molecule has 0 saturated carbocycles. The quantitative estimate of drug-likeness (QED) is 0.427. The Labute approximate surface area is 185 Å². The van der Waals surface area contributed by atoms with Crippen molar-refractivity contribution in [2.24, 2.45) is 0 Å². The number of carbonyl (C=O) groups is 3. The van der Waals surface area contributed by atoms with Gasteiger partial charge in [0.25, 0.3) is 5.91 Å². The molecule has 1 aliphatic heterocycles. The zero-order valence-corrected chi connectivity index (χ0v) is 17.7. The van der Waals surface area contributed by atoms with E-state index in [0.717, 1.165) is 10.3 Å². The fourth-order valence-corrected chi connectivity index (χ4v) is 3.78. The standard InChI is InChI=1S/C20H14Cl3N3O4/c1-20(16-6-10-4-2-3-5-15(10)30-16)18(28)26(19(29)25-20)9-17(27)24-14-8-12(22)11(21)7-13(14)23/h2-8H,9H2,1H3,(H,24,27)(H,25,29). The number of urea groups is 1. The number of hydrogen-bond acceptors (Lipinski definition) is 4. The maximum absolute atomic E-state index is 13.0. The molecule has 0 aliphatic carbocycles. The fourth-order valence-electron chi connectivity index (χ4n) is 3.19. The third-order valence-corrected chi connectivity index (χ3v) is 5.81. The molecule has 4 rings (SSSR count). The van der Waals surface area contributed by atoms with Crippen LogP contribution in [0.4, 0.5) is 10.5 Å². The van der Waals surface area contributed by atoms with Crippen LogP contribution < -0.4 is 10.6 Å². The van der Waals surface area contributed by atoms with E-state index in [1.807, 2.05) is 12.1 Å². The summed E-state index contributed by atoms with van der Waals surface area (Å²) < 4.78 is 5.76. The summed E-state index contributed by atoms with van der Waals surface area (Å²) in [5.41, 5.74) is -0.637. The van der Waals surface area contributed by atoms with Crippen LogP contribution in [0.2, 0.25) is 15.1 Å². The van der Waals surface area contributed by atoms with E-state index >= 15 is 0 Å². The van der Waals surface area contributed by atoms with Gasteiger partial charge < -0.3 is 15.1 Å². The lowest BCUT2D eigenvalue weighted by Crippen LogP contribution is -2.41. The SMILES string of the molecule is CC1(c2cc3ccccc3o2)NC(=O)N(CC(=O)Nc2cc(Cl)c(Cl)cc2Cl)C1=O. The molecule has 154 valence electrons. The molecule has 1 aromatic heterocycles. The molecule has 4 amide bonds. The van der Waals surface area contributed by atoms with Crippen LogP contribution in [0.3, 0.4) is 0 Å². The summed E-state index contributed by atoms with van der Waals surface area (Å²) >= 11 is 17.9. The number of fused-ring (bicyclic) bond motifs is 1. The molecular weight excluding hydrogens is 453 g/mol. The predicted molar refractivity (Wildman–Crippen MR) is 114 cm³/mol. The van der Waals surface area contributed by atoms with Gasteiger partial charge in [-0.05, 0) is 31.2 Å². The molecule has 0 bridgehead atoms. The van der Waals surface area contributed by atoms with Crippen LogP contribution in [0.1, 0.15) is 12.7 Å². The Morgan fingerprint density at radius 2 is 1.80 bits per heavy atom. The first kappa shape index (κ1) is 20.5. The second-order valence-electron chi connectivity index (χ2n) is 6.89. The van der Waals surface area contributed by atoms with E-state index in [2.05, 4.69) is 10.6 Å². The lowest BCUT2D eigenvalue weighted by molar-refractivity contribution is -0.134. The second-order valence-corrected chi connectivity index (χ2v) is 8.11.